The van der Waals surface area contributed by atoms with Crippen molar-refractivity contribution < 1.29 is 19.4 Å². The second-order valence-corrected chi connectivity index (χ2v) is 9.84. The van der Waals surface area contributed by atoms with E-state index in [1.165, 1.54) is 42.0 Å². The molecular weight excluding hydrogens is 436 g/mol. The summed E-state index contributed by atoms with van der Waals surface area (Å²) < 4.78 is 11.0. The predicted molar refractivity (Wildman–Crippen MR) is 142 cm³/mol. The Kier molecular flexibility index (Phi) is 8.25. The van der Waals surface area contributed by atoms with E-state index in [0.717, 1.165) is 22.6 Å². The van der Waals surface area contributed by atoms with Gasteiger partial charge in [0.15, 0.2) is 0 Å². The van der Waals surface area contributed by atoms with Gasteiger partial charge in [-0.05, 0) is 82.8 Å². The van der Waals surface area contributed by atoms with Crippen molar-refractivity contribution in [2.75, 3.05) is 19.8 Å². The van der Waals surface area contributed by atoms with Crippen LogP contribution < -0.4 is 4.74 Å². The predicted octanol–water partition coefficient (Wildman–Crippen LogP) is 6.83. The van der Waals surface area contributed by atoms with Crippen molar-refractivity contribution in [2.24, 2.45) is 5.92 Å². The normalized spacial score (nSPS) is 17.8. The molecule has 35 heavy (non-hydrogen) atoms. The van der Waals surface area contributed by atoms with Gasteiger partial charge in [0.05, 0.1) is 13.2 Å². The van der Waals surface area contributed by atoms with Crippen molar-refractivity contribution in [3.63, 3.8) is 0 Å². The van der Waals surface area contributed by atoms with Crippen LogP contribution >= 0.6 is 0 Å². The molecule has 0 heterocycles. The molecule has 0 aliphatic heterocycles. The Bertz CT molecular complexity index is 1190. The number of fused-ring (bicyclic) bond motifs is 1. The van der Waals surface area contributed by atoms with Gasteiger partial charge in [0.25, 0.3) is 0 Å². The number of ether oxygens (including phenoxy) is 2. The van der Waals surface area contributed by atoms with Crippen LogP contribution in [0.4, 0.5) is 0 Å². The zero-order chi connectivity index (χ0) is 24.8. The third-order valence-corrected chi connectivity index (χ3v) is 7.05. The highest BCUT2D eigenvalue weighted by molar-refractivity contribution is 5.89. The number of aliphatic hydroxyl groups excluding tert-OH is 1. The highest BCUT2D eigenvalue weighted by Crippen LogP contribution is 2.37. The fourth-order valence-electron chi connectivity index (χ4n) is 4.97. The lowest BCUT2D eigenvalue weighted by molar-refractivity contribution is -0.138. The summed E-state index contributed by atoms with van der Waals surface area (Å²) in [6, 6.07) is 19.5. The molecule has 3 aromatic carbocycles. The number of benzene rings is 3. The Morgan fingerprint density at radius 1 is 0.971 bits per heavy atom. The molecule has 184 valence electrons. The number of carbonyl (C=O) groups excluding carboxylic acids is 1. The molecule has 1 aliphatic rings. The second-order valence-electron chi connectivity index (χ2n) is 9.84. The summed E-state index contributed by atoms with van der Waals surface area (Å²) in [5.74, 6) is 1.84. The molecule has 0 saturated heterocycles. The Hall–Kier alpha value is -3.11. The minimum atomic E-state index is -0.381. The zero-order valence-corrected chi connectivity index (χ0v) is 20.9. The average Bonchev–Trinajstić information content (AvgIpc) is 2.87. The fraction of sp³-hybridized carbons (Fsp3) is 0.387. The Balaban J connectivity index is 1.59. The van der Waals surface area contributed by atoms with Gasteiger partial charge in [-0.2, -0.15) is 0 Å². The smallest absolute Gasteiger partial charge is 0.333 e. The van der Waals surface area contributed by atoms with Crippen LogP contribution in [0, 0.1) is 5.92 Å². The van der Waals surface area contributed by atoms with Gasteiger partial charge in [0.1, 0.15) is 12.4 Å². The Morgan fingerprint density at radius 2 is 1.71 bits per heavy atom. The zero-order valence-electron chi connectivity index (χ0n) is 20.9. The number of carbonyl (C=O) groups is 1. The van der Waals surface area contributed by atoms with Gasteiger partial charge < -0.3 is 14.6 Å². The lowest BCUT2D eigenvalue weighted by Crippen LogP contribution is -2.10. The van der Waals surface area contributed by atoms with E-state index in [4.69, 9.17) is 14.6 Å². The molecule has 0 atom stereocenters. The molecular formula is C31H36O4. The van der Waals surface area contributed by atoms with Gasteiger partial charge in [-0.1, -0.05) is 62.7 Å². The lowest BCUT2D eigenvalue weighted by Gasteiger charge is -2.26. The van der Waals surface area contributed by atoms with E-state index in [-0.39, 0.29) is 25.8 Å². The van der Waals surface area contributed by atoms with E-state index in [1.807, 2.05) is 18.2 Å². The van der Waals surface area contributed by atoms with Gasteiger partial charge in [-0.15, -0.1) is 0 Å². The van der Waals surface area contributed by atoms with Gasteiger partial charge in [0, 0.05) is 12.0 Å². The molecule has 4 heteroatoms. The van der Waals surface area contributed by atoms with Gasteiger partial charge in [0.2, 0.25) is 0 Å². The second kappa shape index (κ2) is 11.5. The van der Waals surface area contributed by atoms with Crippen LogP contribution in [0.2, 0.25) is 0 Å². The van der Waals surface area contributed by atoms with Gasteiger partial charge in [-0.25, -0.2) is 4.79 Å². The SMILES string of the molecule is C=C(C)C(=O)OCCc1cc(OCCO)ccc1-c1ccc2cc(C3CCC(C)CC3)ccc2c1. The van der Waals surface area contributed by atoms with Crippen LogP contribution in [0.15, 0.2) is 66.7 Å². The largest absolute Gasteiger partial charge is 0.491 e. The van der Waals surface area contributed by atoms with Crippen molar-refractivity contribution in [1.29, 1.82) is 0 Å². The molecule has 4 rings (SSSR count). The summed E-state index contributed by atoms with van der Waals surface area (Å²) in [4.78, 5) is 11.8. The van der Waals surface area contributed by atoms with Crippen molar-refractivity contribution >= 4 is 16.7 Å². The van der Waals surface area contributed by atoms with E-state index in [0.29, 0.717) is 23.7 Å². The number of hydrogen-bond donors (Lipinski definition) is 1. The molecule has 3 aromatic rings. The molecule has 0 amide bonds. The topological polar surface area (TPSA) is 55.8 Å². The van der Waals surface area contributed by atoms with Crippen molar-refractivity contribution in [3.8, 4) is 16.9 Å². The van der Waals surface area contributed by atoms with Gasteiger partial charge >= 0.3 is 5.97 Å². The Labute approximate surface area is 208 Å². The van der Waals surface area contributed by atoms with Gasteiger partial charge in [-0.3, -0.25) is 0 Å². The highest BCUT2D eigenvalue weighted by atomic mass is 16.5. The monoisotopic (exact) mass is 472 g/mol. The summed E-state index contributed by atoms with van der Waals surface area (Å²) in [6.07, 6.45) is 5.78. The van der Waals surface area contributed by atoms with E-state index in [9.17, 15) is 4.79 Å². The number of rotatable bonds is 9. The highest BCUT2D eigenvalue weighted by Gasteiger charge is 2.20. The first-order chi connectivity index (χ1) is 16.9. The number of aliphatic hydroxyl groups is 1. The van der Waals surface area contributed by atoms with Crippen LogP contribution in [0.3, 0.4) is 0 Å². The molecule has 0 aromatic heterocycles. The minimum Gasteiger partial charge on any atom is -0.491 e. The molecule has 0 unspecified atom stereocenters. The van der Waals surface area contributed by atoms with Crippen LogP contribution in [0.25, 0.3) is 21.9 Å². The van der Waals surface area contributed by atoms with E-state index < -0.39 is 0 Å². The number of esters is 1. The van der Waals surface area contributed by atoms with Crippen molar-refractivity contribution in [1.82, 2.24) is 0 Å². The average molecular weight is 473 g/mol. The van der Waals surface area contributed by atoms with E-state index >= 15 is 0 Å². The van der Waals surface area contributed by atoms with Crippen LogP contribution in [0.5, 0.6) is 5.75 Å². The first-order valence-corrected chi connectivity index (χ1v) is 12.7. The quantitative estimate of drug-likeness (QED) is 0.274. The number of hydrogen-bond acceptors (Lipinski definition) is 4. The van der Waals surface area contributed by atoms with E-state index in [2.05, 4.69) is 49.9 Å². The standard InChI is InChI=1S/C31H36O4/c1-21(2)31(33)35-16-14-28-20-29(34-17-15-32)12-13-30(28)27-11-10-25-18-24(8-9-26(25)19-27)23-6-4-22(3)5-7-23/h8-13,18-20,22-23,32H,1,4-7,14-17H2,2-3H3. The third-order valence-electron chi connectivity index (χ3n) is 7.05. The van der Waals surface area contributed by atoms with Crippen molar-refractivity contribution in [2.45, 2.75) is 51.9 Å². The summed E-state index contributed by atoms with van der Waals surface area (Å²) in [7, 11) is 0. The Morgan fingerprint density at radius 3 is 2.46 bits per heavy atom. The fourth-order valence-corrected chi connectivity index (χ4v) is 4.97. The molecule has 0 radical (unpaired) electrons. The summed E-state index contributed by atoms with van der Waals surface area (Å²) >= 11 is 0. The minimum absolute atomic E-state index is 0.0418. The maximum Gasteiger partial charge on any atom is 0.333 e. The summed E-state index contributed by atoms with van der Waals surface area (Å²) in [5.41, 5.74) is 5.08. The maximum absolute atomic E-state index is 11.8. The van der Waals surface area contributed by atoms with Crippen LogP contribution in [0.1, 0.15) is 56.6 Å². The maximum atomic E-state index is 11.8. The van der Waals surface area contributed by atoms with Crippen molar-refractivity contribution in [3.05, 3.63) is 77.9 Å². The lowest BCUT2D eigenvalue weighted by atomic mass is 9.79. The molecule has 1 aliphatic carbocycles. The molecule has 4 nitrogen and oxygen atoms in total. The first-order valence-electron chi connectivity index (χ1n) is 12.7. The summed E-state index contributed by atoms with van der Waals surface area (Å²) in [5, 5.41) is 11.6. The first kappa shape index (κ1) is 25.0. The van der Waals surface area contributed by atoms with E-state index in [1.54, 1.807) is 6.92 Å². The molecule has 0 spiro atoms. The molecule has 1 fully saturated rings. The molecule has 1 saturated carbocycles. The molecule has 1 N–H and O–H groups in total. The van der Waals surface area contributed by atoms with Crippen LogP contribution in [-0.2, 0) is 16.0 Å². The third kappa shape index (κ3) is 6.32. The van der Waals surface area contributed by atoms with Crippen LogP contribution in [-0.4, -0.2) is 30.9 Å². The summed E-state index contributed by atoms with van der Waals surface area (Å²) in [6.45, 7) is 8.11. The molecule has 0 bridgehead atoms.